The molecule has 138 valence electrons. The molecule has 0 aliphatic carbocycles. The Hall–Kier alpha value is -3.68. The van der Waals surface area contributed by atoms with E-state index >= 15 is 0 Å². The van der Waals surface area contributed by atoms with Crippen molar-refractivity contribution >= 4 is 29.5 Å². The maximum atomic E-state index is 13.0. The number of ether oxygens (including phenoxy) is 2. The van der Waals surface area contributed by atoms with Gasteiger partial charge in [0, 0.05) is 6.92 Å². The second kappa shape index (κ2) is 7.28. The van der Waals surface area contributed by atoms with Crippen LogP contribution in [-0.4, -0.2) is 24.9 Å². The van der Waals surface area contributed by atoms with Gasteiger partial charge in [-0.25, -0.2) is 9.40 Å². The predicted molar refractivity (Wildman–Crippen MR) is 94.3 cm³/mol. The van der Waals surface area contributed by atoms with Gasteiger partial charge < -0.3 is 9.47 Å². The van der Waals surface area contributed by atoms with Crippen LogP contribution in [-0.2, 0) is 14.4 Å². The third-order valence-corrected chi connectivity index (χ3v) is 3.73. The normalized spacial score (nSPS) is 15.1. The first kappa shape index (κ1) is 18.1. The van der Waals surface area contributed by atoms with Crippen molar-refractivity contribution in [3.63, 3.8) is 0 Å². The van der Waals surface area contributed by atoms with E-state index in [2.05, 4.69) is 5.43 Å². The topological polar surface area (TPSA) is 84.9 Å². The summed E-state index contributed by atoms with van der Waals surface area (Å²) in [6.07, 6.45) is 1.39. The van der Waals surface area contributed by atoms with E-state index in [-0.39, 0.29) is 17.1 Å². The number of hydrazine groups is 1. The van der Waals surface area contributed by atoms with Crippen LogP contribution in [0, 0.1) is 5.82 Å². The van der Waals surface area contributed by atoms with E-state index in [0.717, 1.165) is 5.01 Å². The average Bonchev–Trinajstić information content (AvgIpc) is 2.91. The Bertz CT molecular complexity index is 953. The molecule has 27 heavy (non-hydrogen) atoms. The SMILES string of the molecule is COc1cc(/C=C2/C(=O)NN(c3ccc(F)cc3)C2=O)ccc1OC(C)=O. The standard InChI is InChI=1S/C19H15FN2O5/c1-11(23)27-16-8-3-12(10-17(16)26-2)9-15-18(24)21-22(19(15)25)14-6-4-13(20)5-7-14/h3-10H,1-2H3,(H,21,24)/b15-9-. The van der Waals surface area contributed by atoms with Crippen LogP contribution in [0.4, 0.5) is 10.1 Å². The number of esters is 1. The number of methoxy groups -OCH3 is 1. The molecule has 0 bridgehead atoms. The first-order chi connectivity index (χ1) is 12.9. The van der Waals surface area contributed by atoms with Gasteiger partial charge in [0.05, 0.1) is 12.8 Å². The molecule has 0 radical (unpaired) electrons. The molecule has 0 saturated carbocycles. The van der Waals surface area contributed by atoms with Crippen LogP contribution >= 0.6 is 0 Å². The summed E-state index contributed by atoms with van der Waals surface area (Å²) in [5.41, 5.74) is 3.17. The number of rotatable bonds is 4. The third-order valence-electron chi connectivity index (χ3n) is 3.73. The van der Waals surface area contributed by atoms with Crippen molar-refractivity contribution in [2.24, 2.45) is 0 Å². The lowest BCUT2D eigenvalue weighted by molar-refractivity contribution is -0.132. The zero-order chi connectivity index (χ0) is 19.6. The van der Waals surface area contributed by atoms with Crippen LogP contribution in [0.3, 0.4) is 0 Å². The fraction of sp³-hybridized carbons (Fsp3) is 0.105. The second-order valence-corrected chi connectivity index (χ2v) is 5.62. The van der Waals surface area contributed by atoms with E-state index in [1.54, 1.807) is 6.07 Å². The number of anilines is 1. The van der Waals surface area contributed by atoms with Gasteiger partial charge in [-0.2, -0.15) is 0 Å². The molecule has 1 aliphatic rings. The molecule has 3 rings (SSSR count). The quantitative estimate of drug-likeness (QED) is 0.386. The van der Waals surface area contributed by atoms with Crippen molar-refractivity contribution in [3.8, 4) is 11.5 Å². The van der Waals surface area contributed by atoms with Crippen molar-refractivity contribution in [1.29, 1.82) is 0 Å². The molecule has 2 aromatic rings. The first-order valence-electron chi connectivity index (χ1n) is 7.88. The largest absolute Gasteiger partial charge is 0.493 e. The van der Waals surface area contributed by atoms with Crippen LogP contribution in [0.15, 0.2) is 48.0 Å². The number of carbonyl (C=O) groups is 3. The Morgan fingerprint density at radius 3 is 2.44 bits per heavy atom. The fourth-order valence-electron chi connectivity index (χ4n) is 2.51. The number of nitrogens with one attached hydrogen (secondary N) is 1. The highest BCUT2D eigenvalue weighted by atomic mass is 19.1. The highest BCUT2D eigenvalue weighted by Gasteiger charge is 2.34. The highest BCUT2D eigenvalue weighted by molar-refractivity contribution is 6.31. The zero-order valence-corrected chi connectivity index (χ0v) is 14.5. The van der Waals surface area contributed by atoms with Gasteiger partial charge in [0.1, 0.15) is 11.4 Å². The summed E-state index contributed by atoms with van der Waals surface area (Å²) in [6.45, 7) is 1.26. The molecule has 0 unspecified atom stereocenters. The van der Waals surface area contributed by atoms with Crippen LogP contribution in [0.25, 0.3) is 6.08 Å². The number of halogens is 1. The van der Waals surface area contributed by atoms with Crippen molar-refractivity contribution in [1.82, 2.24) is 5.43 Å². The molecule has 0 aromatic heterocycles. The molecule has 1 fully saturated rings. The maximum Gasteiger partial charge on any atom is 0.308 e. The van der Waals surface area contributed by atoms with Crippen molar-refractivity contribution in [3.05, 3.63) is 59.4 Å². The Kier molecular flexibility index (Phi) is 4.89. The summed E-state index contributed by atoms with van der Waals surface area (Å²) in [5, 5.41) is 1.04. The average molecular weight is 370 g/mol. The fourth-order valence-corrected chi connectivity index (χ4v) is 2.51. The molecule has 1 N–H and O–H groups in total. The van der Waals surface area contributed by atoms with Crippen LogP contribution in [0.2, 0.25) is 0 Å². The third kappa shape index (κ3) is 3.79. The van der Waals surface area contributed by atoms with Gasteiger partial charge in [0.25, 0.3) is 11.8 Å². The van der Waals surface area contributed by atoms with Gasteiger partial charge in [-0.3, -0.25) is 19.8 Å². The number of carbonyl (C=O) groups excluding carboxylic acids is 3. The van der Waals surface area contributed by atoms with Gasteiger partial charge in [-0.05, 0) is 48.0 Å². The van der Waals surface area contributed by atoms with Gasteiger partial charge in [-0.1, -0.05) is 6.07 Å². The zero-order valence-electron chi connectivity index (χ0n) is 14.5. The summed E-state index contributed by atoms with van der Waals surface area (Å²) in [5.74, 6) is -1.61. The smallest absolute Gasteiger partial charge is 0.308 e. The number of hydrogen-bond acceptors (Lipinski definition) is 5. The van der Waals surface area contributed by atoms with E-state index in [0.29, 0.717) is 11.3 Å². The van der Waals surface area contributed by atoms with Gasteiger partial charge >= 0.3 is 5.97 Å². The van der Waals surface area contributed by atoms with Crippen LogP contribution < -0.4 is 19.9 Å². The lowest BCUT2D eigenvalue weighted by atomic mass is 10.1. The molecule has 7 nitrogen and oxygen atoms in total. The van der Waals surface area contributed by atoms with Crippen molar-refractivity contribution in [2.45, 2.75) is 6.92 Å². The molecule has 0 atom stereocenters. The van der Waals surface area contributed by atoms with E-state index in [4.69, 9.17) is 9.47 Å². The molecule has 1 saturated heterocycles. The molecule has 2 aromatic carbocycles. The highest BCUT2D eigenvalue weighted by Crippen LogP contribution is 2.30. The molecular weight excluding hydrogens is 355 g/mol. The summed E-state index contributed by atoms with van der Waals surface area (Å²) in [6, 6.07) is 9.76. The molecule has 0 spiro atoms. The predicted octanol–water partition coefficient (Wildman–Crippen LogP) is 2.22. The summed E-state index contributed by atoms with van der Waals surface area (Å²) < 4.78 is 23.2. The van der Waals surface area contributed by atoms with E-state index < -0.39 is 23.6 Å². The lowest BCUT2D eigenvalue weighted by Gasteiger charge is -2.14. The number of amides is 2. The number of benzene rings is 2. The minimum Gasteiger partial charge on any atom is -0.493 e. The monoisotopic (exact) mass is 370 g/mol. The van der Waals surface area contributed by atoms with E-state index in [1.165, 1.54) is 56.5 Å². The van der Waals surface area contributed by atoms with E-state index in [9.17, 15) is 18.8 Å². The number of nitrogens with zero attached hydrogens (tertiary/aromatic N) is 1. The Balaban J connectivity index is 1.90. The van der Waals surface area contributed by atoms with Crippen LogP contribution in [0.5, 0.6) is 11.5 Å². The number of hydrogen-bond donors (Lipinski definition) is 1. The lowest BCUT2D eigenvalue weighted by Crippen LogP contribution is -2.35. The maximum absolute atomic E-state index is 13.0. The molecule has 8 heteroatoms. The van der Waals surface area contributed by atoms with E-state index in [1.807, 2.05) is 0 Å². The Morgan fingerprint density at radius 1 is 1.11 bits per heavy atom. The van der Waals surface area contributed by atoms with Gasteiger partial charge in [0.15, 0.2) is 11.5 Å². The summed E-state index contributed by atoms with van der Waals surface area (Å²) in [4.78, 5) is 35.8. The minimum atomic E-state index is -0.590. The minimum absolute atomic E-state index is 0.0957. The molecular formula is C19H15FN2O5. The molecule has 1 heterocycles. The summed E-state index contributed by atoms with van der Waals surface area (Å²) >= 11 is 0. The summed E-state index contributed by atoms with van der Waals surface area (Å²) in [7, 11) is 1.41. The molecule has 1 aliphatic heterocycles. The Labute approximate surface area is 154 Å². The first-order valence-corrected chi connectivity index (χ1v) is 7.88. The van der Waals surface area contributed by atoms with Crippen molar-refractivity contribution in [2.75, 3.05) is 12.1 Å². The van der Waals surface area contributed by atoms with Gasteiger partial charge in [-0.15, -0.1) is 0 Å². The Morgan fingerprint density at radius 2 is 1.81 bits per heavy atom. The van der Waals surface area contributed by atoms with Gasteiger partial charge in [0.2, 0.25) is 0 Å². The van der Waals surface area contributed by atoms with Crippen molar-refractivity contribution < 1.29 is 28.2 Å². The molecule has 2 amide bonds. The second-order valence-electron chi connectivity index (χ2n) is 5.62. The van der Waals surface area contributed by atoms with Crippen LogP contribution in [0.1, 0.15) is 12.5 Å².